The van der Waals surface area contributed by atoms with Gasteiger partial charge in [-0.1, -0.05) is 39.0 Å². The molecule has 1 aliphatic carbocycles. The molecule has 0 saturated carbocycles. The van der Waals surface area contributed by atoms with Crippen molar-refractivity contribution in [3.63, 3.8) is 0 Å². The van der Waals surface area contributed by atoms with E-state index < -0.39 is 41.6 Å². The van der Waals surface area contributed by atoms with E-state index in [1.54, 1.807) is 0 Å². The van der Waals surface area contributed by atoms with Gasteiger partial charge in [0.25, 0.3) is 10.1 Å². The molecule has 24 heavy (non-hydrogen) atoms. The SMILES string of the molecule is CCCCCCCCOS(=O)(=O)C1=C(S(=O)(=O)O)C(=O)C=CC1=O. The van der Waals surface area contributed by atoms with Gasteiger partial charge in [0.05, 0.1) is 6.61 Å². The summed E-state index contributed by atoms with van der Waals surface area (Å²) in [7, 11) is -9.96. The summed E-state index contributed by atoms with van der Waals surface area (Å²) in [6.45, 7) is 1.81. The lowest BCUT2D eigenvalue weighted by atomic mass is 10.1. The summed E-state index contributed by atoms with van der Waals surface area (Å²) in [6.07, 6.45) is 6.38. The first-order chi connectivity index (χ1) is 11.1. The van der Waals surface area contributed by atoms with Gasteiger partial charge in [-0.3, -0.25) is 18.3 Å². The predicted molar refractivity (Wildman–Crippen MR) is 86.0 cm³/mol. The van der Waals surface area contributed by atoms with Gasteiger partial charge in [0.1, 0.15) is 0 Å². The van der Waals surface area contributed by atoms with Crippen LogP contribution in [0.25, 0.3) is 0 Å². The molecule has 136 valence electrons. The number of allylic oxidation sites excluding steroid dienone is 4. The maximum Gasteiger partial charge on any atom is 0.302 e. The zero-order valence-electron chi connectivity index (χ0n) is 13.2. The first-order valence-corrected chi connectivity index (χ1v) is 10.3. The monoisotopic (exact) mass is 380 g/mol. The lowest BCUT2D eigenvalue weighted by Gasteiger charge is -2.13. The Balaban J connectivity index is 2.87. The molecule has 0 atom stereocenters. The van der Waals surface area contributed by atoms with E-state index in [1.807, 2.05) is 0 Å². The molecule has 0 heterocycles. The van der Waals surface area contributed by atoms with E-state index >= 15 is 0 Å². The van der Waals surface area contributed by atoms with Gasteiger partial charge in [0.15, 0.2) is 9.81 Å². The minimum absolute atomic E-state index is 0.248. The van der Waals surface area contributed by atoms with E-state index in [1.165, 1.54) is 0 Å². The number of carbonyl (C=O) groups excluding carboxylic acids is 2. The Morgan fingerprint density at radius 2 is 1.38 bits per heavy atom. The van der Waals surface area contributed by atoms with E-state index in [2.05, 4.69) is 11.1 Å². The van der Waals surface area contributed by atoms with E-state index in [-0.39, 0.29) is 6.61 Å². The normalized spacial score (nSPS) is 16.1. The first-order valence-electron chi connectivity index (χ1n) is 7.49. The third-order valence-corrected chi connectivity index (χ3v) is 5.72. The van der Waals surface area contributed by atoms with Gasteiger partial charge in [-0.25, -0.2) is 0 Å². The topological polar surface area (TPSA) is 132 Å². The van der Waals surface area contributed by atoms with Crippen molar-refractivity contribution in [3.05, 3.63) is 22.0 Å². The van der Waals surface area contributed by atoms with Crippen molar-refractivity contribution in [3.8, 4) is 0 Å². The fourth-order valence-corrected chi connectivity index (χ4v) is 4.49. The summed E-state index contributed by atoms with van der Waals surface area (Å²) >= 11 is 0. The van der Waals surface area contributed by atoms with E-state index in [4.69, 9.17) is 4.55 Å². The second kappa shape index (κ2) is 8.65. The summed E-state index contributed by atoms with van der Waals surface area (Å²) in [4.78, 5) is 20.5. The van der Waals surface area contributed by atoms with Crippen LogP contribution in [0.3, 0.4) is 0 Å². The van der Waals surface area contributed by atoms with E-state index in [0.717, 1.165) is 25.7 Å². The van der Waals surface area contributed by atoms with Crippen LogP contribution in [0.2, 0.25) is 0 Å². The van der Waals surface area contributed by atoms with Gasteiger partial charge >= 0.3 is 10.1 Å². The molecule has 1 N–H and O–H groups in total. The summed E-state index contributed by atoms with van der Waals surface area (Å²) in [6, 6.07) is 0. The van der Waals surface area contributed by atoms with Crippen LogP contribution >= 0.6 is 0 Å². The van der Waals surface area contributed by atoms with Crippen LogP contribution in [0.5, 0.6) is 0 Å². The maximum atomic E-state index is 12.1. The average molecular weight is 380 g/mol. The van der Waals surface area contributed by atoms with Crippen LogP contribution in [-0.2, 0) is 34.0 Å². The molecular weight excluding hydrogens is 360 g/mol. The Bertz CT molecular complexity index is 757. The van der Waals surface area contributed by atoms with Crippen LogP contribution in [0.1, 0.15) is 45.4 Å². The lowest BCUT2D eigenvalue weighted by molar-refractivity contribution is -0.114. The van der Waals surface area contributed by atoms with Crippen molar-refractivity contribution in [2.75, 3.05) is 6.61 Å². The van der Waals surface area contributed by atoms with E-state index in [9.17, 15) is 26.4 Å². The van der Waals surface area contributed by atoms with Gasteiger partial charge in [0, 0.05) is 0 Å². The summed E-state index contributed by atoms with van der Waals surface area (Å²) < 4.78 is 60.3. The number of hydrogen-bond donors (Lipinski definition) is 1. The molecule has 10 heteroatoms. The molecule has 1 aliphatic rings. The third kappa shape index (κ3) is 5.62. The highest BCUT2D eigenvalue weighted by molar-refractivity contribution is 7.95. The Morgan fingerprint density at radius 3 is 1.92 bits per heavy atom. The van der Waals surface area contributed by atoms with Gasteiger partial charge in [-0.2, -0.15) is 16.8 Å². The number of ketones is 2. The zero-order chi connectivity index (χ0) is 18.4. The molecule has 0 unspecified atom stereocenters. The molecule has 0 aliphatic heterocycles. The molecular formula is C14H20O8S2. The summed E-state index contributed by atoms with van der Waals surface area (Å²) in [5.74, 6) is -2.52. The molecule has 1 rings (SSSR count). The standard InChI is InChI=1S/C14H20O8S2/c1-2-3-4-5-6-7-10-22-24(20,21)14-12(16)9-8-11(15)13(14)23(17,18)19/h8-9H,2-7,10H2,1H3,(H,17,18,19). The molecule has 0 fully saturated rings. The van der Waals surface area contributed by atoms with Gasteiger partial charge in [-0.05, 0) is 18.6 Å². The van der Waals surface area contributed by atoms with Gasteiger partial charge < -0.3 is 0 Å². The fourth-order valence-electron chi connectivity index (χ4n) is 2.12. The predicted octanol–water partition coefficient (Wildman–Crippen LogP) is 1.50. The van der Waals surface area contributed by atoms with Crippen LogP contribution < -0.4 is 0 Å². The summed E-state index contributed by atoms with van der Waals surface area (Å²) in [5, 5.41) is 0. The van der Waals surface area contributed by atoms with Crippen LogP contribution in [0.4, 0.5) is 0 Å². The summed E-state index contributed by atoms with van der Waals surface area (Å²) in [5.41, 5.74) is 0. The number of hydrogen-bond acceptors (Lipinski definition) is 7. The molecule has 0 saturated heterocycles. The Labute approximate surface area is 141 Å². The molecule has 0 spiro atoms. The van der Waals surface area contributed by atoms with Crippen molar-refractivity contribution < 1.29 is 35.2 Å². The van der Waals surface area contributed by atoms with Crippen molar-refractivity contribution in [1.82, 2.24) is 0 Å². The molecule has 0 aromatic heterocycles. The van der Waals surface area contributed by atoms with E-state index in [0.29, 0.717) is 25.0 Å². The number of unbranched alkanes of at least 4 members (excludes halogenated alkanes) is 5. The van der Waals surface area contributed by atoms with Crippen molar-refractivity contribution in [2.24, 2.45) is 0 Å². The molecule has 0 amide bonds. The van der Waals surface area contributed by atoms with Crippen LogP contribution in [0, 0.1) is 0 Å². The highest BCUT2D eigenvalue weighted by atomic mass is 32.2. The average Bonchev–Trinajstić information content (AvgIpc) is 2.47. The smallest absolute Gasteiger partial charge is 0.288 e. The molecule has 0 aromatic rings. The van der Waals surface area contributed by atoms with Crippen molar-refractivity contribution in [2.45, 2.75) is 45.4 Å². The first kappa shape index (κ1) is 20.7. The minimum Gasteiger partial charge on any atom is -0.288 e. The molecule has 8 nitrogen and oxygen atoms in total. The quantitative estimate of drug-likeness (QED) is 0.261. The Kier molecular flexibility index (Phi) is 7.46. The largest absolute Gasteiger partial charge is 0.302 e. The third-order valence-electron chi connectivity index (χ3n) is 3.28. The Morgan fingerprint density at radius 1 is 0.875 bits per heavy atom. The van der Waals surface area contributed by atoms with Crippen molar-refractivity contribution in [1.29, 1.82) is 0 Å². The zero-order valence-corrected chi connectivity index (χ0v) is 14.9. The minimum atomic E-state index is -5.19. The maximum absolute atomic E-state index is 12.1. The highest BCUT2D eigenvalue weighted by Crippen LogP contribution is 2.25. The number of rotatable bonds is 10. The lowest BCUT2D eigenvalue weighted by Crippen LogP contribution is -2.27. The highest BCUT2D eigenvalue weighted by Gasteiger charge is 2.39. The van der Waals surface area contributed by atoms with Crippen LogP contribution in [-0.4, -0.2) is 39.6 Å². The molecule has 0 aromatic carbocycles. The number of carbonyl (C=O) groups is 2. The van der Waals surface area contributed by atoms with Crippen molar-refractivity contribution >= 4 is 31.8 Å². The fraction of sp³-hybridized carbons (Fsp3) is 0.571. The molecule has 0 radical (unpaired) electrons. The molecule has 0 bridgehead atoms. The van der Waals surface area contributed by atoms with Crippen LogP contribution in [0.15, 0.2) is 22.0 Å². The second-order valence-electron chi connectivity index (χ2n) is 5.24. The Hall–Kier alpha value is -1.36. The van der Waals surface area contributed by atoms with Gasteiger partial charge in [-0.15, -0.1) is 0 Å². The van der Waals surface area contributed by atoms with Gasteiger partial charge in [0.2, 0.25) is 11.6 Å². The second-order valence-corrected chi connectivity index (χ2v) is 8.15.